The third-order valence-corrected chi connectivity index (χ3v) is 4.94. The number of hydrogen-bond acceptors (Lipinski definition) is 4. The van der Waals surface area contributed by atoms with Crippen molar-refractivity contribution < 1.29 is 4.79 Å². The highest BCUT2D eigenvalue weighted by molar-refractivity contribution is 7.98. The van der Waals surface area contributed by atoms with E-state index in [9.17, 15) is 4.79 Å². The summed E-state index contributed by atoms with van der Waals surface area (Å²) in [7, 11) is 0. The number of carbonyl (C=O) groups excluding carboxylic acids is 1. The molecule has 0 spiro atoms. The standard InChI is InChI=1S/C20H18ClN3OS/c1-13-3-7-15(8-4-13)12-26-20-22-11-17(21)18(24-20)19(25)23-16-9-5-14(2)6-10-16/h3-11H,12H2,1-2H3,(H,23,25). The molecular weight excluding hydrogens is 366 g/mol. The molecule has 0 aliphatic rings. The molecule has 2 aromatic carbocycles. The highest BCUT2D eigenvalue weighted by Gasteiger charge is 2.15. The number of thioether (sulfide) groups is 1. The molecule has 0 radical (unpaired) electrons. The van der Waals surface area contributed by atoms with Crippen molar-refractivity contribution in [3.05, 3.63) is 82.1 Å². The van der Waals surface area contributed by atoms with Crippen molar-refractivity contribution in [3.8, 4) is 0 Å². The summed E-state index contributed by atoms with van der Waals surface area (Å²) in [5.41, 5.74) is 4.39. The maximum Gasteiger partial charge on any atom is 0.275 e. The van der Waals surface area contributed by atoms with Crippen molar-refractivity contribution in [2.45, 2.75) is 24.8 Å². The monoisotopic (exact) mass is 383 g/mol. The number of carbonyl (C=O) groups is 1. The van der Waals surface area contributed by atoms with Crippen molar-refractivity contribution in [2.24, 2.45) is 0 Å². The van der Waals surface area contributed by atoms with E-state index in [1.165, 1.54) is 29.1 Å². The molecule has 0 atom stereocenters. The van der Waals surface area contributed by atoms with Gasteiger partial charge in [0.05, 0.1) is 11.2 Å². The molecule has 4 nitrogen and oxygen atoms in total. The summed E-state index contributed by atoms with van der Waals surface area (Å²) < 4.78 is 0. The molecule has 0 fully saturated rings. The first kappa shape index (κ1) is 18.4. The zero-order valence-electron chi connectivity index (χ0n) is 14.5. The summed E-state index contributed by atoms with van der Waals surface area (Å²) in [4.78, 5) is 21.0. The number of rotatable bonds is 5. The molecular formula is C20H18ClN3OS. The number of benzene rings is 2. The van der Waals surface area contributed by atoms with Gasteiger partial charge in [0.15, 0.2) is 10.9 Å². The van der Waals surface area contributed by atoms with Gasteiger partial charge in [-0.25, -0.2) is 9.97 Å². The molecule has 0 aliphatic carbocycles. The first-order chi connectivity index (χ1) is 12.5. The average molecular weight is 384 g/mol. The Hall–Kier alpha value is -2.37. The van der Waals surface area contributed by atoms with Crippen LogP contribution in [-0.4, -0.2) is 15.9 Å². The molecule has 6 heteroatoms. The van der Waals surface area contributed by atoms with E-state index in [-0.39, 0.29) is 16.6 Å². The van der Waals surface area contributed by atoms with Gasteiger partial charge in [0.25, 0.3) is 5.91 Å². The van der Waals surface area contributed by atoms with Gasteiger partial charge in [0.2, 0.25) is 0 Å². The minimum Gasteiger partial charge on any atom is -0.321 e. The quantitative estimate of drug-likeness (QED) is 0.480. The molecule has 0 bridgehead atoms. The Balaban J connectivity index is 1.71. The summed E-state index contributed by atoms with van der Waals surface area (Å²) in [5.74, 6) is 0.374. The van der Waals surface area contributed by atoms with E-state index >= 15 is 0 Å². The lowest BCUT2D eigenvalue weighted by Gasteiger charge is -2.08. The van der Waals surface area contributed by atoms with Crippen LogP contribution in [0.15, 0.2) is 59.9 Å². The first-order valence-corrected chi connectivity index (χ1v) is 9.46. The van der Waals surface area contributed by atoms with Gasteiger partial charge in [-0.1, -0.05) is 70.9 Å². The molecule has 132 valence electrons. The summed E-state index contributed by atoms with van der Waals surface area (Å²) in [6, 6.07) is 15.8. The molecule has 26 heavy (non-hydrogen) atoms. The van der Waals surface area contributed by atoms with E-state index in [0.717, 1.165) is 11.3 Å². The smallest absolute Gasteiger partial charge is 0.275 e. The maximum atomic E-state index is 12.5. The average Bonchev–Trinajstić information content (AvgIpc) is 2.64. The van der Waals surface area contributed by atoms with Gasteiger partial charge < -0.3 is 5.32 Å². The van der Waals surface area contributed by atoms with Crippen LogP contribution in [0.3, 0.4) is 0 Å². The van der Waals surface area contributed by atoms with Crippen LogP contribution < -0.4 is 5.32 Å². The summed E-state index contributed by atoms with van der Waals surface area (Å²) in [6.07, 6.45) is 1.47. The van der Waals surface area contributed by atoms with Crippen LogP contribution in [-0.2, 0) is 5.75 Å². The largest absolute Gasteiger partial charge is 0.321 e. The normalized spacial score (nSPS) is 10.6. The summed E-state index contributed by atoms with van der Waals surface area (Å²) in [5, 5.41) is 3.56. The Labute approximate surface area is 162 Å². The predicted molar refractivity (Wildman–Crippen MR) is 107 cm³/mol. The predicted octanol–water partition coefficient (Wildman–Crippen LogP) is 5.29. The molecule has 0 aliphatic heterocycles. The van der Waals surface area contributed by atoms with E-state index in [0.29, 0.717) is 10.8 Å². The van der Waals surface area contributed by atoms with Crippen LogP contribution in [0.5, 0.6) is 0 Å². The third-order valence-electron chi connectivity index (χ3n) is 3.74. The number of hydrogen-bond donors (Lipinski definition) is 1. The van der Waals surface area contributed by atoms with E-state index in [2.05, 4.69) is 46.5 Å². The van der Waals surface area contributed by atoms with Crippen molar-refractivity contribution in [1.82, 2.24) is 9.97 Å². The van der Waals surface area contributed by atoms with E-state index in [1.807, 2.05) is 31.2 Å². The first-order valence-electron chi connectivity index (χ1n) is 8.10. The Kier molecular flexibility index (Phi) is 5.91. The number of anilines is 1. The zero-order chi connectivity index (χ0) is 18.5. The highest BCUT2D eigenvalue weighted by atomic mass is 35.5. The van der Waals surface area contributed by atoms with Crippen molar-refractivity contribution in [1.29, 1.82) is 0 Å². The van der Waals surface area contributed by atoms with Gasteiger partial charge in [-0.15, -0.1) is 0 Å². The minimum atomic E-state index is -0.349. The topological polar surface area (TPSA) is 54.9 Å². The van der Waals surface area contributed by atoms with E-state index < -0.39 is 0 Å². The lowest BCUT2D eigenvalue weighted by molar-refractivity contribution is 0.102. The van der Waals surface area contributed by atoms with Crippen LogP contribution in [0.2, 0.25) is 5.02 Å². The molecule has 3 aromatic rings. The number of halogens is 1. The highest BCUT2D eigenvalue weighted by Crippen LogP contribution is 2.23. The lowest BCUT2D eigenvalue weighted by Crippen LogP contribution is -2.15. The minimum absolute atomic E-state index is 0.175. The number of aryl methyl sites for hydroxylation is 2. The van der Waals surface area contributed by atoms with Crippen molar-refractivity contribution in [2.75, 3.05) is 5.32 Å². The third kappa shape index (κ3) is 4.84. The number of nitrogens with one attached hydrogen (secondary N) is 1. The van der Waals surface area contributed by atoms with Gasteiger partial charge in [0.1, 0.15) is 0 Å². The SMILES string of the molecule is Cc1ccc(CSc2ncc(Cl)c(C(=O)Nc3ccc(C)cc3)n2)cc1. The van der Waals surface area contributed by atoms with Crippen LogP contribution in [0.1, 0.15) is 27.2 Å². The molecule has 0 unspecified atom stereocenters. The van der Waals surface area contributed by atoms with Crippen LogP contribution in [0, 0.1) is 13.8 Å². The lowest BCUT2D eigenvalue weighted by atomic mass is 10.2. The fourth-order valence-electron chi connectivity index (χ4n) is 2.24. The van der Waals surface area contributed by atoms with Crippen molar-refractivity contribution >= 4 is 35.0 Å². The van der Waals surface area contributed by atoms with E-state index in [4.69, 9.17) is 11.6 Å². The molecule has 1 amide bonds. The molecule has 0 saturated carbocycles. The molecule has 3 rings (SSSR count). The number of aromatic nitrogens is 2. The molecule has 0 saturated heterocycles. The Morgan fingerprint density at radius 3 is 2.31 bits per heavy atom. The van der Waals surface area contributed by atoms with Crippen LogP contribution >= 0.6 is 23.4 Å². The number of amides is 1. The van der Waals surface area contributed by atoms with E-state index in [1.54, 1.807) is 0 Å². The van der Waals surface area contributed by atoms with Crippen LogP contribution in [0.25, 0.3) is 0 Å². The van der Waals surface area contributed by atoms with Gasteiger partial charge in [-0.3, -0.25) is 4.79 Å². The fraction of sp³-hybridized carbons (Fsp3) is 0.150. The Bertz CT molecular complexity index is 911. The van der Waals surface area contributed by atoms with Gasteiger partial charge in [-0.05, 0) is 31.5 Å². The van der Waals surface area contributed by atoms with Gasteiger partial charge in [-0.2, -0.15) is 0 Å². The molecule has 1 aromatic heterocycles. The second kappa shape index (κ2) is 8.34. The fourth-order valence-corrected chi connectivity index (χ4v) is 3.19. The van der Waals surface area contributed by atoms with Gasteiger partial charge in [0, 0.05) is 11.4 Å². The molecule has 1 heterocycles. The maximum absolute atomic E-state index is 12.5. The second-order valence-corrected chi connectivity index (χ2v) is 7.29. The summed E-state index contributed by atoms with van der Waals surface area (Å²) >= 11 is 7.59. The summed E-state index contributed by atoms with van der Waals surface area (Å²) in [6.45, 7) is 4.04. The Morgan fingerprint density at radius 1 is 1.04 bits per heavy atom. The molecule has 1 N–H and O–H groups in total. The second-order valence-electron chi connectivity index (χ2n) is 5.94. The van der Waals surface area contributed by atoms with Crippen molar-refractivity contribution in [3.63, 3.8) is 0 Å². The zero-order valence-corrected chi connectivity index (χ0v) is 16.1. The number of nitrogens with zero attached hydrogens (tertiary/aromatic N) is 2. The van der Waals surface area contributed by atoms with Gasteiger partial charge >= 0.3 is 0 Å². The van der Waals surface area contributed by atoms with Crippen LogP contribution in [0.4, 0.5) is 5.69 Å². The Morgan fingerprint density at radius 2 is 1.65 bits per heavy atom.